The molecule has 0 aliphatic heterocycles. The Morgan fingerprint density at radius 3 is 2.00 bits per heavy atom. The maximum absolute atomic E-state index is 5.05. The van der Waals surface area contributed by atoms with Crippen molar-refractivity contribution in [1.29, 1.82) is 0 Å². The second-order valence-electron chi connectivity index (χ2n) is 3.37. The van der Waals surface area contributed by atoms with Gasteiger partial charge in [0.1, 0.15) is 5.69 Å². The van der Waals surface area contributed by atoms with Crippen LogP contribution in [0.5, 0.6) is 0 Å². The monoisotopic (exact) mass is 377 g/mol. The fourth-order valence-corrected chi connectivity index (χ4v) is 2.09. The summed E-state index contributed by atoms with van der Waals surface area (Å²) in [6.07, 6.45) is 0. The molecule has 1 aromatic heterocycles. The molecule has 2 nitrogen and oxygen atoms in total. The van der Waals surface area contributed by atoms with Crippen LogP contribution in [-0.4, -0.2) is 5.16 Å². The third-order valence-electron chi connectivity index (χ3n) is 1.31. The lowest BCUT2D eigenvalue weighted by Crippen LogP contribution is -2.13. The number of aromatic nitrogens is 1. The maximum Gasteiger partial charge on any atom is 0.209 e. The Labute approximate surface area is 93.4 Å². The van der Waals surface area contributed by atoms with Crippen molar-refractivity contribution in [2.75, 3.05) is 0 Å². The molecule has 0 spiro atoms. The molecule has 4 heteroatoms. The third kappa shape index (κ3) is 2.07. The highest BCUT2D eigenvalue weighted by atomic mass is 127. The minimum Gasteiger partial charge on any atom is -0.349 e. The molecule has 0 saturated heterocycles. The molecular formula is C7H9I2NO. The Balaban J connectivity index is 3.15. The molecule has 0 saturated carbocycles. The van der Waals surface area contributed by atoms with Gasteiger partial charge in [-0.05, 0) is 22.6 Å². The van der Waals surface area contributed by atoms with Gasteiger partial charge in [0.15, 0.2) is 0 Å². The normalized spacial score (nSPS) is 12.1. The van der Waals surface area contributed by atoms with E-state index < -0.39 is 0 Å². The first kappa shape index (κ1) is 9.76. The van der Waals surface area contributed by atoms with Crippen LogP contribution in [0.2, 0.25) is 0 Å². The quantitative estimate of drug-likeness (QED) is 0.650. The van der Waals surface area contributed by atoms with Gasteiger partial charge >= 0.3 is 0 Å². The van der Waals surface area contributed by atoms with Crippen molar-refractivity contribution < 1.29 is 4.52 Å². The van der Waals surface area contributed by atoms with Crippen LogP contribution in [-0.2, 0) is 5.41 Å². The Morgan fingerprint density at radius 1 is 1.27 bits per heavy atom. The summed E-state index contributed by atoms with van der Waals surface area (Å²) in [5.74, 6) is 0. The Bertz CT molecular complexity index is 262. The summed E-state index contributed by atoms with van der Waals surface area (Å²) in [6, 6.07) is 0. The Kier molecular flexibility index (Phi) is 2.83. The van der Waals surface area contributed by atoms with Gasteiger partial charge in [0, 0.05) is 28.0 Å². The van der Waals surface area contributed by atoms with E-state index in [-0.39, 0.29) is 5.41 Å². The largest absolute Gasteiger partial charge is 0.349 e. The minimum atomic E-state index is 0.0868. The molecule has 11 heavy (non-hydrogen) atoms. The Morgan fingerprint density at radius 2 is 1.82 bits per heavy atom. The van der Waals surface area contributed by atoms with Gasteiger partial charge in [-0.3, -0.25) is 0 Å². The highest BCUT2D eigenvalue weighted by Gasteiger charge is 2.23. The van der Waals surface area contributed by atoms with Crippen LogP contribution >= 0.6 is 45.2 Å². The third-order valence-corrected chi connectivity index (χ3v) is 4.08. The fourth-order valence-electron chi connectivity index (χ4n) is 0.725. The second-order valence-corrected chi connectivity index (χ2v) is 5.43. The molecule has 62 valence electrons. The zero-order valence-corrected chi connectivity index (χ0v) is 10.9. The van der Waals surface area contributed by atoms with Gasteiger partial charge < -0.3 is 4.52 Å². The van der Waals surface area contributed by atoms with Crippen molar-refractivity contribution in [3.63, 3.8) is 0 Å². The van der Waals surface area contributed by atoms with Crippen LogP contribution in [0, 0.1) is 7.34 Å². The summed E-state index contributed by atoms with van der Waals surface area (Å²) in [5.41, 5.74) is 1.13. The number of rotatable bonds is 0. The lowest BCUT2D eigenvalue weighted by Gasteiger charge is -2.13. The average Bonchev–Trinajstić information content (AvgIpc) is 2.11. The summed E-state index contributed by atoms with van der Waals surface area (Å²) in [7, 11) is 0. The summed E-state index contributed by atoms with van der Waals surface area (Å²) in [5, 5.41) is 4.00. The first-order valence-electron chi connectivity index (χ1n) is 3.24. The Hall–Kier alpha value is 0.670. The summed E-state index contributed by atoms with van der Waals surface area (Å²) >= 11 is 4.41. The zero-order valence-electron chi connectivity index (χ0n) is 6.61. The van der Waals surface area contributed by atoms with Crippen molar-refractivity contribution in [1.82, 2.24) is 5.16 Å². The minimum absolute atomic E-state index is 0.0868. The van der Waals surface area contributed by atoms with Crippen molar-refractivity contribution in [2.45, 2.75) is 26.2 Å². The van der Waals surface area contributed by atoms with E-state index in [0.29, 0.717) is 0 Å². The van der Waals surface area contributed by atoms with Crippen molar-refractivity contribution in [3.05, 3.63) is 13.0 Å². The molecule has 0 aliphatic carbocycles. The lowest BCUT2D eigenvalue weighted by molar-refractivity contribution is 0.375. The van der Waals surface area contributed by atoms with Gasteiger partial charge in [-0.1, -0.05) is 25.9 Å². The number of halogens is 2. The topological polar surface area (TPSA) is 26.0 Å². The molecule has 0 aliphatic rings. The van der Waals surface area contributed by atoms with Gasteiger partial charge in [0.2, 0.25) is 3.77 Å². The molecule has 1 aromatic rings. The maximum atomic E-state index is 5.05. The van der Waals surface area contributed by atoms with E-state index >= 15 is 0 Å². The standard InChI is InChI=1S/C7H9I2NO/c1-7(2,3)5-4(8)6(9)11-10-5/h1-3H3. The highest BCUT2D eigenvalue weighted by molar-refractivity contribution is 14.1. The van der Waals surface area contributed by atoms with E-state index in [1.54, 1.807) is 0 Å². The molecule has 1 heterocycles. The van der Waals surface area contributed by atoms with Crippen LogP contribution in [0.4, 0.5) is 0 Å². The van der Waals surface area contributed by atoms with Crippen molar-refractivity contribution >= 4 is 45.2 Å². The van der Waals surface area contributed by atoms with E-state index in [1.807, 2.05) is 0 Å². The molecule has 0 aromatic carbocycles. The van der Waals surface area contributed by atoms with Gasteiger partial charge in [-0.2, -0.15) is 0 Å². The van der Waals surface area contributed by atoms with Crippen LogP contribution in [0.25, 0.3) is 0 Å². The van der Waals surface area contributed by atoms with Crippen molar-refractivity contribution in [2.24, 2.45) is 0 Å². The molecule has 0 unspecified atom stereocenters. The van der Waals surface area contributed by atoms with Gasteiger partial charge in [0.25, 0.3) is 0 Å². The summed E-state index contributed by atoms with van der Waals surface area (Å²) in [6.45, 7) is 6.38. The van der Waals surface area contributed by atoms with E-state index in [9.17, 15) is 0 Å². The van der Waals surface area contributed by atoms with E-state index in [4.69, 9.17) is 4.52 Å². The van der Waals surface area contributed by atoms with Gasteiger partial charge in [-0.15, -0.1) is 0 Å². The molecule has 0 bridgehead atoms. The van der Waals surface area contributed by atoms with Gasteiger partial charge in [0.05, 0.1) is 3.57 Å². The second kappa shape index (κ2) is 3.20. The number of nitrogens with zero attached hydrogens (tertiary/aromatic N) is 1. The molecule has 1 rings (SSSR count). The molecular weight excluding hydrogens is 368 g/mol. The molecule has 0 radical (unpaired) electrons. The van der Waals surface area contributed by atoms with E-state index in [2.05, 4.69) is 71.1 Å². The highest BCUT2D eigenvalue weighted by Crippen LogP contribution is 2.28. The van der Waals surface area contributed by atoms with Crippen LogP contribution < -0.4 is 0 Å². The number of hydrogen-bond acceptors (Lipinski definition) is 2. The number of hydrogen-bond donors (Lipinski definition) is 0. The van der Waals surface area contributed by atoms with Crippen LogP contribution in [0.15, 0.2) is 4.52 Å². The van der Waals surface area contributed by atoms with E-state index in [0.717, 1.165) is 13.0 Å². The van der Waals surface area contributed by atoms with Gasteiger partial charge in [-0.25, -0.2) is 0 Å². The van der Waals surface area contributed by atoms with Crippen LogP contribution in [0.1, 0.15) is 26.5 Å². The average molecular weight is 377 g/mol. The zero-order chi connectivity index (χ0) is 8.65. The summed E-state index contributed by atoms with van der Waals surface area (Å²) in [4.78, 5) is 0. The predicted molar refractivity (Wildman–Crippen MR) is 60.6 cm³/mol. The van der Waals surface area contributed by atoms with Crippen molar-refractivity contribution in [3.8, 4) is 0 Å². The van der Waals surface area contributed by atoms with E-state index in [1.165, 1.54) is 0 Å². The SMILES string of the molecule is CC(C)(C)c1noc(I)c1I. The smallest absolute Gasteiger partial charge is 0.209 e. The molecule has 0 fully saturated rings. The first-order valence-corrected chi connectivity index (χ1v) is 5.40. The first-order chi connectivity index (χ1) is 4.93. The molecule has 0 atom stereocenters. The molecule has 0 amide bonds. The predicted octanol–water partition coefficient (Wildman–Crippen LogP) is 3.18. The van der Waals surface area contributed by atoms with Crippen LogP contribution in [0.3, 0.4) is 0 Å². The summed E-state index contributed by atoms with van der Waals surface area (Å²) < 4.78 is 7.07. The lowest BCUT2D eigenvalue weighted by atomic mass is 9.93. The fraction of sp³-hybridized carbons (Fsp3) is 0.571. The molecule has 0 N–H and O–H groups in total.